The molecule has 0 saturated heterocycles. The van der Waals surface area contributed by atoms with Gasteiger partial charge in [0.1, 0.15) is 10.8 Å². The predicted octanol–water partition coefficient (Wildman–Crippen LogP) is 2.34. The van der Waals surface area contributed by atoms with E-state index in [1.807, 2.05) is 30.3 Å². The van der Waals surface area contributed by atoms with Gasteiger partial charge in [-0.05, 0) is 30.7 Å². The lowest BCUT2D eigenvalue weighted by Gasteiger charge is -2.08. The van der Waals surface area contributed by atoms with Crippen molar-refractivity contribution in [1.29, 1.82) is 0 Å². The summed E-state index contributed by atoms with van der Waals surface area (Å²) in [5, 5.41) is 8.93. The molecule has 0 fully saturated rings. The van der Waals surface area contributed by atoms with Crippen LogP contribution in [0.2, 0.25) is 0 Å². The van der Waals surface area contributed by atoms with E-state index in [9.17, 15) is 18.6 Å². The van der Waals surface area contributed by atoms with Crippen LogP contribution in [0.25, 0.3) is 0 Å². The molecule has 2 aromatic rings. The monoisotopic (exact) mass is 411 g/mol. The third kappa shape index (κ3) is 6.20. The first-order chi connectivity index (χ1) is 14.0. The fourth-order valence-electron chi connectivity index (χ4n) is 2.77. The van der Waals surface area contributed by atoms with Crippen LogP contribution >= 0.6 is 0 Å². The van der Waals surface area contributed by atoms with E-state index in [2.05, 4.69) is 16.0 Å². The normalized spacial score (nSPS) is 15.5. The number of anilines is 1. The molecule has 1 aliphatic rings. The minimum Gasteiger partial charge on any atom is -0.326 e. The molecule has 3 N–H and O–H groups in total. The molecular formula is C21H21N3O4S. The molecule has 1 aliphatic heterocycles. The number of ketones is 1. The van der Waals surface area contributed by atoms with Crippen LogP contribution in [0.15, 0.2) is 65.7 Å². The van der Waals surface area contributed by atoms with Gasteiger partial charge in [-0.2, -0.15) is 0 Å². The maximum Gasteiger partial charge on any atom is 0.317 e. The molecule has 0 aromatic heterocycles. The highest BCUT2D eigenvalue weighted by molar-refractivity contribution is 8.03. The zero-order chi connectivity index (χ0) is 20.6. The summed E-state index contributed by atoms with van der Waals surface area (Å²) < 4.78 is 11.2. The summed E-state index contributed by atoms with van der Waals surface area (Å²) in [4.78, 5) is 35.2. The van der Waals surface area contributed by atoms with Crippen LogP contribution in [-0.2, 0) is 22.0 Å². The van der Waals surface area contributed by atoms with Crippen molar-refractivity contribution in [1.82, 2.24) is 10.6 Å². The third-order valence-electron chi connectivity index (χ3n) is 4.26. The number of hydrogen-bond donors (Lipinski definition) is 3. The Morgan fingerprint density at radius 3 is 2.38 bits per heavy atom. The Hall–Kier alpha value is -3.10. The summed E-state index contributed by atoms with van der Waals surface area (Å²) in [5.41, 5.74) is 2.75. The van der Waals surface area contributed by atoms with Crippen LogP contribution in [-0.4, -0.2) is 34.2 Å². The molecule has 0 saturated carbocycles. The molecule has 0 radical (unpaired) electrons. The number of amides is 2. The Balaban J connectivity index is 1.39. The number of hydrogen-bond acceptors (Lipinski definition) is 5. The summed E-state index contributed by atoms with van der Waals surface area (Å²) >= 11 is 0. The number of benzene rings is 2. The molecule has 7 nitrogen and oxygen atoms in total. The average Bonchev–Trinajstić information content (AvgIpc) is 3.03. The van der Waals surface area contributed by atoms with E-state index in [0.717, 1.165) is 12.0 Å². The maximum absolute atomic E-state index is 12.0. The second-order valence-corrected chi connectivity index (χ2v) is 7.69. The Morgan fingerprint density at radius 1 is 1.00 bits per heavy atom. The number of rotatable bonds is 9. The van der Waals surface area contributed by atoms with Crippen molar-refractivity contribution >= 4 is 33.4 Å². The average molecular weight is 411 g/mol. The Labute approximate surface area is 171 Å². The number of Topliss-reactive ketones (excluding diaryl/α,β-unsaturated/α-hetero) is 1. The first kappa shape index (κ1) is 20.6. The molecular weight excluding hydrogens is 390 g/mol. The summed E-state index contributed by atoms with van der Waals surface area (Å²) in [6, 6.07) is 16.6. The molecule has 0 spiro atoms. The van der Waals surface area contributed by atoms with Gasteiger partial charge in [0.2, 0.25) is 5.91 Å². The van der Waals surface area contributed by atoms with Crippen LogP contribution in [0.1, 0.15) is 22.3 Å². The first-order valence-corrected chi connectivity index (χ1v) is 10.3. The molecule has 1 atom stereocenters. The van der Waals surface area contributed by atoms with E-state index in [1.54, 1.807) is 24.3 Å². The van der Waals surface area contributed by atoms with Crippen LogP contribution in [0, 0.1) is 0 Å². The fraction of sp³-hybridized carbons (Fsp3) is 0.190. The molecule has 3 rings (SSSR count). The summed E-state index contributed by atoms with van der Waals surface area (Å²) in [6.07, 6.45) is 0.708. The van der Waals surface area contributed by atoms with Gasteiger partial charge >= 0.3 is 5.24 Å². The predicted molar refractivity (Wildman–Crippen MR) is 112 cm³/mol. The quantitative estimate of drug-likeness (QED) is 0.434. The van der Waals surface area contributed by atoms with Crippen molar-refractivity contribution in [3.8, 4) is 0 Å². The van der Waals surface area contributed by atoms with Crippen molar-refractivity contribution in [3.63, 3.8) is 0 Å². The van der Waals surface area contributed by atoms with Crippen molar-refractivity contribution in [3.05, 3.63) is 76.8 Å². The molecule has 2 amide bonds. The van der Waals surface area contributed by atoms with Gasteiger partial charge in [0, 0.05) is 22.4 Å². The van der Waals surface area contributed by atoms with E-state index in [-0.39, 0.29) is 24.7 Å². The van der Waals surface area contributed by atoms with E-state index < -0.39 is 16.0 Å². The SMILES string of the molecule is O=C(CC1=CS(=O)C(=O)N1)Nc1ccc(CCNCC(=O)c2ccccc2)cc1. The fourth-order valence-corrected chi connectivity index (χ4v) is 3.51. The lowest BCUT2D eigenvalue weighted by molar-refractivity contribution is -0.115. The number of carbonyl (C=O) groups is 3. The Morgan fingerprint density at radius 2 is 1.72 bits per heavy atom. The molecule has 1 heterocycles. The van der Waals surface area contributed by atoms with Gasteiger partial charge < -0.3 is 16.0 Å². The van der Waals surface area contributed by atoms with Gasteiger partial charge in [-0.25, -0.2) is 4.21 Å². The molecule has 2 aromatic carbocycles. The van der Waals surface area contributed by atoms with Gasteiger partial charge in [-0.1, -0.05) is 42.5 Å². The highest BCUT2D eigenvalue weighted by Gasteiger charge is 2.21. The standard InChI is InChI=1S/C21H21N3O4S/c25-19(16-4-2-1-3-5-16)13-22-11-10-15-6-8-17(9-7-15)23-20(26)12-18-14-29(28)21(27)24-18/h1-9,14,22H,10-13H2,(H,23,26)(H,24,27). The van der Waals surface area contributed by atoms with Gasteiger partial charge in [-0.3, -0.25) is 14.4 Å². The summed E-state index contributed by atoms with van der Waals surface area (Å²) in [6.45, 7) is 0.949. The number of carbonyl (C=O) groups excluding carboxylic acids is 3. The van der Waals surface area contributed by atoms with Crippen LogP contribution in [0.4, 0.5) is 10.5 Å². The highest BCUT2D eigenvalue weighted by Crippen LogP contribution is 2.13. The molecule has 0 aliphatic carbocycles. The second kappa shape index (κ2) is 9.90. The summed E-state index contributed by atoms with van der Waals surface area (Å²) in [5.74, 6) is -0.245. The zero-order valence-corrected chi connectivity index (χ0v) is 16.5. The van der Waals surface area contributed by atoms with E-state index >= 15 is 0 Å². The second-order valence-electron chi connectivity index (χ2n) is 6.49. The van der Waals surface area contributed by atoms with Gasteiger partial charge in [0.25, 0.3) is 0 Å². The highest BCUT2D eigenvalue weighted by atomic mass is 32.2. The zero-order valence-electron chi connectivity index (χ0n) is 15.6. The minimum atomic E-state index is -1.70. The van der Waals surface area contributed by atoms with Crippen LogP contribution < -0.4 is 16.0 Å². The Kier molecular flexibility index (Phi) is 7.04. The van der Waals surface area contributed by atoms with Crippen LogP contribution in [0.5, 0.6) is 0 Å². The lowest BCUT2D eigenvalue weighted by Crippen LogP contribution is -2.25. The van der Waals surface area contributed by atoms with E-state index in [0.29, 0.717) is 23.5 Å². The third-order valence-corrected chi connectivity index (χ3v) is 5.22. The van der Waals surface area contributed by atoms with Gasteiger partial charge in [0.05, 0.1) is 13.0 Å². The molecule has 8 heteroatoms. The smallest absolute Gasteiger partial charge is 0.317 e. The number of nitrogens with one attached hydrogen (secondary N) is 3. The molecule has 150 valence electrons. The van der Waals surface area contributed by atoms with Crippen molar-refractivity contribution in [2.24, 2.45) is 0 Å². The van der Waals surface area contributed by atoms with Crippen molar-refractivity contribution in [2.45, 2.75) is 12.8 Å². The Bertz CT molecular complexity index is 956. The van der Waals surface area contributed by atoms with E-state index in [1.165, 1.54) is 5.41 Å². The summed E-state index contributed by atoms with van der Waals surface area (Å²) in [7, 11) is -1.70. The van der Waals surface area contributed by atoms with Gasteiger partial charge in [0.15, 0.2) is 5.78 Å². The maximum atomic E-state index is 12.0. The minimum absolute atomic E-state index is 0.0431. The lowest BCUT2D eigenvalue weighted by atomic mass is 10.1. The molecule has 1 unspecified atom stereocenters. The largest absolute Gasteiger partial charge is 0.326 e. The first-order valence-electron chi connectivity index (χ1n) is 9.11. The van der Waals surface area contributed by atoms with E-state index in [4.69, 9.17) is 0 Å². The molecule has 29 heavy (non-hydrogen) atoms. The van der Waals surface area contributed by atoms with Gasteiger partial charge in [-0.15, -0.1) is 0 Å². The topological polar surface area (TPSA) is 104 Å². The van der Waals surface area contributed by atoms with Crippen LogP contribution in [0.3, 0.4) is 0 Å². The van der Waals surface area contributed by atoms with Crippen molar-refractivity contribution < 1.29 is 18.6 Å². The van der Waals surface area contributed by atoms with Crippen molar-refractivity contribution in [2.75, 3.05) is 18.4 Å². The molecule has 0 bridgehead atoms.